The monoisotopic (exact) mass is 251 g/mol. The molecule has 0 saturated heterocycles. The molecule has 1 aromatic carbocycles. The lowest BCUT2D eigenvalue weighted by Gasteiger charge is -2.21. The number of likely N-dealkylation sites (N-methyl/N-ethyl adjacent to an activating group) is 1. The third-order valence-electron chi connectivity index (χ3n) is 3.49. The summed E-state index contributed by atoms with van der Waals surface area (Å²) >= 11 is 0. The number of hydrogen-bond donors (Lipinski definition) is 2. The van der Waals surface area contributed by atoms with Crippen LogP contribution in [-0.2, 0) is 4.79 Å². The number of benzene rings is 1. The number of halogens is 1. The van der Waals surface area contributed by atoms with Crippen LogP contribution in [0.5, 0.6) is 0 Å². The fourth-order valence-corrected chi connectivity index (χ4v) is 1.95. The van der Waals surface area contributed by atoms with Crippen LogP contribution in [0.15, 0.2) is 24.3 Å². The normalized spacial score (nSPS) is 18.2. The molecule has 98 valence electrons. The van der Waals surface area contributed by atoms with Gasteiger partial charge in [0.15, 0.2) is 6.54 Å². The molecular formula is C14H20FN2O+. The Morgan fingerprint density at radius 3 is 2.61 bits per heavy atom. The zero-order chi connectivity index (χ0) is 13.1. The standard InChI is InChI=1S/C14H19FN2O/c1-10(11-3-5-12(15)6-4-11)17(2)9-14(18)16-13-7-8-13/h3-6,10,13H,7-9H2,1-2H3,(H,16,18)/p+1/t10-/m1/s1. The average Bonchev–Trinajstić information content (AvgIpc) is 3.12. The summed E-state index contributed by atoms with van der Waals surface area (Å²) in [6, 6.07) is 7.07. The van der Waals surface area contributed by atoms with Gasteiger partial charge in [0.25, 0.3) is 5.91 Å². The van der Waals surface area contributed by atoms with E-state index in [9.17, 15) is 9.18 Å². The van der Waals surface area contributed by atoms with Crippen molar-refractivity contribution in [3.63, 3.8) is 0 Å². The Balaban J connectivity index is 1.88. The van der Waals surface area contributed by atoms with Crippen molar-refractivity contribution in [3.05, 3.63) is 35.6 Å². The van der Waals surface area contributed by atoms with Gasteiger partial charge in [-0.15, -0.1) is 0 Å². The van der Waals surface area contributed by atoms with Gasteiger partial charge in [-0.05, 0) is 31.9 Å². The summed E-state index contributed by atoms with van der Waals surface area (Å²) in [6.07, 6.45) is 2.22. The van der Waals surface area contributed by atoms with E-state index in [1.165, 1.54) is 12.1 Å². The van der Waals surface area contributed by atoms with E-state index in [2.05, 4.69) is 5.32 Å². The number of amides is 1. The topological polar surface area (TPSA) is 33.5 Å². The third-order valence-corrected chi connectivity index (χ3v) is 3.49. The van der Waals surface area contributed by atoms with Crippen LogP contribution in [0.1, 0.15) is 31.4 Å². The van der Waals surface area contributed by atoms with Gasteiger partial charge in [-0.1, -0.05) is 12.1 Å². The molecule has 0 aromatic heterocycles. The second kappa shape index (κ2) is 5.48. The van der Waals surface area contributed by atoms with Gasteiger partial charge in [0, 0.05) is 11.6 Å². The molecule has 1 aromatic rings. The van der Waals surface area contributed by atoms with Crippen LogP contribution in [-0.4, -0.2) is 25.5 Å². The Morgan fingerprint density at radius 2 is 2.06 bits per heavy atom. The summed E-state index contributed by atoms with van der Waals surface area (Å²) in [5.41, 5.74) is 1.05. The molecule has 2 atom stereocenters. The van der Waals surface area contributed by atoms with Crippen molar-refractivity contribution in [1.29, 1.82) is 0 Å². The van der Waals surface area contributed by atoms with Gasteiger partial charge in [-0.3, -0.25) is 4.79 Å². The zero-order valence-corrected chi connectivity index (χ0v) is 10.9. The van der Waals surface area contributed by atoms with E-state index in [1.54, 1.807) is 12.1 Å². The highest BCUT2D eigenvalue weighted by molar-refractivity contribution is 5.77. The summed E-state index contributed by atoms with van der Waals surface area (Å²) in [6.45, 7) is 2.50. The zero-order valence-electron chi connectivity index (χ0n) is 10.9. The van der Waals surface area contributed by atoms with Gasteiger partial charge >= 0.3 is 0 Å². The molecule has 1 aliphatic rings. The maximum absolute atomic E-state index is 12.8. The quantitative estimate of drug-likeness (QED) is 0.793. The maximum atomic E-state index is 12.8. The molecule has 0 bridgehead atoms. The molecule has 0 spiro atoms. The van der Waals surface area contributed by atoms with E-state index >= 15 is 0 Å². The van der Waals surface area contributed by atoms with E-state index in [0.29, 0.717) is 12.6 Å². The largest absolute Gasteiger partial charge is 0.348 e. The summed E-state index contributed by atoms with van der Waals surface area (Å²) in [7, 11) is 1.99. The number of hydrogen-bond acceptors (Lipinski definition) is 1. The van der Waals surface area contributed by atoms with Crippen molar-refractivity contribution in [2.45, 2.75) is 31.8 Å². The summed E-state index contributed by atoms with van der Waals surface area (Å²) in [5, 5.41) is 2.98. The van der Waals surface area contributed by atoms with E-state index in [-0.39, 0.29) is 17.8 Å². The van der Waals surface area contributed by atoms with Crippen molar-refractivity contribution in [1.82, 2.24) is 5.32 Å². The molecule has 0 heterocycles. The number of rotatable bonds is 5. The van der Waals surface area contributed by atoms with Crippen molar-refractivity contribution < 1.29 is 14.1 Å². The van der Waals surface area contributed by atoms with Gasteiger partial charge in [-0.25, -0.2) is 4.39 Å². The van der Waals surface area contributed by atoms with Crippen LogP contribution in [0.25, 0.3) is 0 Å². The third kappa shape index (κ3) is 3.53. The predicted octanol–water partition coefficient (Wildman–Crippen LogP) is 0.680. The van der Waals surface area contributed by atoms with Crippen LogP contribution in [0.2, 0.25) is 0 Å². The Labute approximate surface area is 107 Å². The van der Waals surface area contributed by atoms with E-state index in [1.807, 2.05) is 14.0 Å². The number of carbonyl (C=O) groups excluding carboxylic acids is 1. The molecule has 1 fully saturated rings. The molecule has 1 amide bonds. The lowest BCUT2D eigenvalue weighted by molar-refractivity contribution is -0.902. The molecule has 18 heavy (non-hydrogen) atoms. The number of nitrogens with one attached hydrogen (secondary N) is 2. The lowest BCUT2D eigenvalue weighted by Crippen LogP contribution is -3.10. The first-order chi connectivity index (χ1) is 8.56. The highest BCUT2D eigenvalue weighted by Crippen LogP contribution is 2.18. The smallest absolute Gasteiger partial charge is 0.275 e. The molecule has 2 rings (SSSR count). The van der Waals surface area contributed by atoms with E-state index in [0.717, 1.165) is 23.3 Å². The lowest BCUT2D eigenvalue weighted by atomic mass is 10.1. The first-order valence-corrected chi connectivity index (χ1v) is 6.43. The molecule has 1 unspecified atom stereocenters. The fourth-order valence-electron chi connectivity index (χ4n) is 1.95. The van der Waals surface area contributed by atoms with Crippen LogP contribution < -0.4 is 10.2 Å². The van der Waals surface area contributed by atoms with Crippen molar-refractivity contribution in [2.24, 2.45) is 0 Å². The maximum Gasteiger partial charge on any atom is 0.275 e. The number of carbonyl (C=O) groups is 1. The molecule has 0 aliphatic heterocycles. The van der Waals surface area contributed by atoms with Gasteiger partial charge in [0.1, 0.15) is 11.9 Å². The van der Waals surface area contributed by atoms with Crippen LogP contribution in [0.4, 0.5) is 4.39 Å². The Morgan fingerprint density at radius 1 is 1.44 bits per heavy atom. The van der Waals surface area contributed by atoms with Crippen molar-refractivity contribution >= 4 is 5.91 Å². The predicted molar refractivity (Wildman–Crippen MR) is 67.7 cm³/mol. The second-order valence-corrected chi connectivity index (χ2v) is 5.14. The SMILES string of the molecule is C[C@H](c1ccc(F)cc1)[NH+](C)CC(=O)NC1CC1. The van der Waals surface area contributed by atoms with Crippen molar-refractivity contribution in [3.8, 4) is 0 Å². The molecule has 4 heteroatoms. The summed E-state index contributed by atoms with van der Waals surface area (Å²) in [4.78, 5) is 12.8. The van der Waals surface area contributed by atoms with Gasteiger partial charge in [0.2, 0.25) is 0 Å². The summed E-state index contributed by atoms with van der Waals surface area (Å²) in [5.74, 6) is -0.126. The Kier molecular flexibility index (Phi) is 3.97. The van der Waals surface area contributed by atoms with Gasteiger partial charge in [-0.2, -0.15) is 0 Å². The highest BCUT2D eigenvalue weighted by Gasteiger charge is 2.25. The molecule has 1 aliphatic carbocycles. The fraction of sp³-hybridized carbons (Fsp3) is 0.500. The molecule has 2 N–H and O–H groups in total. The first kappa shape index (κ1) is 13.0. The average molecular weight is 251 g/mol. The van der Waals surface area contributed by atoms with Crippen LogP contribution in [0, 0.1) is 5.82 Å². The van der Waals surface area contributed by atoms with Crippen LogP contribution in [0.3, 0.4) is 0 Å². The van der Waals surface area contributed by atoms with Crippen molar-refractivity contribution in [2.75, 3.05) is 13.6 Å². The molecule has 0 radical (unpaired) electrons. The summed E-state index contributed by atoms with van der Waals surface area (Å²) < 4.78 is 12.8. The van der Waals surface area contributed by atoms with Crippen LogP contribution >= 0.6 is 0 Å². The highest BCUT2D eigenvalue weighted by atomic mass is 19.1. The van der Waals surface area contributed by atoms with E-state index in [4.69, 9.17) is 0 Å². The minimum absolute atomic E-state index is 0.101. The van der Waals surface area contributed by atoms with Gasteiger partial charge < -0.3 is 10.2 Å². The minimum Gasteiger partial charge on any atom is -0.348 e. The Hall–Kier alpha value is -1.42. The molecule has 3 nitrogen and oxygen atoms in total. The Bertz CT molecular complexity index is 414. The molecule has 1 saturated carbocycles. The molecular weight excluding hydrogens is 231 g/mol. The second-order valence-electron chi connectivity index (χ2n) is 5.14. The number of quaternary nitrogens is 1. The van der Waals surface area contributed by atoms with E-state index < -0.39 is 0 Å². The van der Waals surface area contributed by atoms with Gasteiger partial charge in [0.05, 0.1) is 7.05 Å². The first-order valence-electron chi connectivity index (χ1n) is 6.43. The minimum atomic E-state index is -0.227.